The quantitative estimate of drug-likeness (QED) is 0.374. The maximum absolute atomic E-state index is 12.5. The van der Waals surface area contributed by atoms with Gasteiger partial charge in [0.1, 0.15) is 0 Å². The molecule has 1 aromatic heterocycles. The van der Waals surface area contributed by atoms with Crippen LogP contribution in [0.5, 0.6) is 0 Å². The minimum absolute atomic E-state index is 0.0141. The topological polar surface area (TPSA) is 106 Å². The van der Waals surface area contributed by atoms with Crippen LogP contribution < -0.4 is 5.32 Å². The van der Waals surface area contributed by atoms with Gasteiger partial charge in [0.25, 0.3) is 11.6 Å². The monoisotopic (exact) mass is 411 g/mol. The van der Waals surface area contributed by atoms with Crippen molar-refractivity contribution >= 4 is 23.8 Å². The Hall–Kier alpha value is -3.33. The van der Waals surface area contributed by atoms with Crippen molar-refractivity contribution < 1.29 is 9.72 Å². The SMILES string of the molecule is CC(C)(C)c1ccc(C(=O)NCc2n[nH]c(=S)n2-c2ccc([N+](=O)[O-])cc2)cc1. The lowest BCUT2D eigenvalue weighted by Crippen LogP contribution is -2.24. The number of aromatic nitrogens is 3. The zero-order valence-electron chi connectivity index (χ0n) is 16.3. The summed E-state index contributed by atoms with van der Waals surface area (Å²) in [4.78, 5) is 22.9. The Morgan fingerprint density at radius 2 is 1.79 bits per heavy atom. The molecule has 0 aliphatic carbocycles. The second-order valence-corrected chi connectivity index (χ2v) is 7.95. The lowest BCUT2D eigenvalue weighted by molar-refractivity contribution is -0.384. The number of non-ortho nitro benzene ring substituents is 1. The lowest BCUT2D eigenvalue weighted by Gasteiger charge is -2.19. The third-order valence-electron chi connectivity index (χ3n) is 4.48. The van der Waals surface area contributed by atoms with E-state index >= 15 is 0 Å². The first-order chi connectivity index (χ1) is 13.7. The van der Waals surface area contributed by atoms with E-state index in [0.29, 0.717) is 21.8 Å². The Morgan fingerprint density at radius 1 is 1.17 bits per heavy atom. The molecule has 0 spiro atoms. The molecule has 0 radical (unpaired) electrons. The molecule has 29 heavy (non-hydrogen) atoms. The Labute approximate surface area is 172 Å². The highest BCUT2D eigenvalue weighted by molar-refractivity contribution is 7.71. The third-order valence-corrected chi connectivity index (χ3v) is 4.75. The van der Waals surface area contributed by atoms with E-state index in [4.69, 9.17) is 12.2 Å². The minimum Gasteiger partial charge on any atom is -0.345 e. The molecule has 3 rings (SSSR count). The Balaban J connectivity index is 1.75. The van der Waals surface area contributed by atoms with E-state index in [1.54, 1.807) is 28.8 Å². The Bertz CT molecular complexity index is 1090. The van der Waals surface area contributed by atoms with Gasteiger partial charge in [0.2, 0.25) is 0 Å². The molecule has 2 N–H and O–H groups in total. The van der Waals surface area contributed by atoms with Crippen molar-refractivity contribution in [3.05, 3.63) is 80.4 Å². The van der Waals surface area contributed by atoms with Crippen LogP contribution in [-0.2, 0) is 12.0 Å². The third kappa shape index (κ3) is 4.57. The Kier molecular flexibility index (Phi) is 5.60. The fourth-order valence-corrected chi connectivity index (χ4v) is 3.08. The van der Waals surface area contributed by atoms with E-state index in [0.717, 1.165) is 5.56 Å². The summed E-state index contributed by atoms with van der Waals surface area (Å²) in [6, 6.07) is 13.4. The molecule has 1 heterocycles. The van der Waals surface area contributed by atoms with E-state index < -0.39 is 4.92 Å². The molecule has 0 atom stereocenters. The number of aromatic amines is 1. The molecule has 0 aliphatic rings. The number of nitro groups is 1. The summed E-state index contributed by atoms with van der Waals surface area (Å²) in [5.74, 6) is 0.262. The minimum atomic E-state index is -0.468. The molecule has 3 aromatic rings. The van der Waals surface area contributed by atoms with Crippen LogP contribution >= 0.6 is 12.2 Å². The smallest absolute Gasteiger partial charge is 0.269 e. The lowest BCUT2D eigenvalue weighted by atomic mass is 9.87. The molecule has 9 heteroatoms. The molecule has 0 bridgehead atoms. The number of H-pyrrole nitrogens is 1. The van der Waals surface area contributed by atoms with Crippen LogP contribution in [0.4, 0.5) is 5.69 Å². The molecule has 1 amide bonds. The summed E-state index contributed by atoms with van der Waals surface area (Å²) in [5, 5.41) is 20.5. The van der Waals surface area contributed by atoms with E-state index in [1.807, 2.05) is 12.1 Å². The summed E-state index contributed by atoms with van der Waals surface area (Å²) < 4.78 is 1.96. The summed E-state index contributed by atoms with van der Waals surface area (Å²) in [6.07, 6.45) is 0. The number of nitrogens with zero attached hydrogens (tertiary/aromatic N) is 3. The predicted octanol–water partition coefficient (Wildman–Crippen LogP) is 4.07. The molecule has 0 aliphatic heterocycles. The average molecular weight is 411 g/mol. The zero-order chi connectivity index (χ0) is 21.2. The van der Waals surface area contributed by atoms with Crippen LogP contribution in [0.15, 0.2) is 48.5 Å². The highest BCUT2D eigenvalue weighted by Gasteiger charge is 2.15. The van der Waals surface area contributed by atoms with Crippen LogP contribution in [-0.4, -0.2) is 25.6 Å². The van der Waals surface area contributed by atoms with Gasteiger partial charge in [-0.15, -0.1) is 0 Å². The molecule has 150 valence electrons. The van der Waals surface area contributed by atoms with Crippen molar-refractivity contribution in [2.75, 3.05) is 0 Å². The van der Waals surface area contributed by atoms with Gasteiger partial charge in [-0.2, -0.15) is 5.10 Å². The van der Waals surface area contributed by atoms with Crippen LogP contribution in [0, 0.1) is 14.9 Å². The number of benzene rings is 2. The standard InChI is InChI=1S/C20H21N5O3S/c1-20(2,3)14-6-4-13(5-7-14)18(26)21-12-17-22-23-19(29)24(17)15-8-10-16(11-9-15)25(27)28/h4-11H,12H2,1-3H3,(H,21,26)(H,23,29). The van der Waals surface area contributed by atoms with E-state index in [9.17, 15) is 14.9 Å². The normalized spacial score (nSPS) is 11.3. The number of hydrogen-bond acceptors (Lipinski definition) is 5. The first-order valence-electron chi connectivity index (χ1n) is 8.96. The van der Waals surface area contributed by atoms with Crippen molar-refractivity contribution in [3.8, 4) is 5.69 Å². The van der Waals surface area contributed by atoms with Crippen LogP contribution in [0.3, 0.4) is 0 Å². The van der Waals surface area contributed by atoms with E-state index in [1.165, 1.54) is 12.1 Å². The molecule has 2 aromatic carbocycles. The maximum Gasteiger partial charge on any atom is 0.269 e. The number of carbonyl (C=O) groups is 1. The summed E-state index contributed by atoms with van der Waals surface area (Å²) >= 11 is 5.26. The molecule has 8 nitrogen and oxygen atoms in total. The van der Waals surface area contributed by atoms with Gasteiger partial charge in [-0.25, -0.2) is 0 Å². The van der Waals surface area contributed by atoms with Crippen molar-refractivity contribution in [1.29, 1.82) is 0 Å². The van der Waals surface area contributed by atoms with Gasteiger partial charge in [0.05, 0.1) is 17.2 Å². The van der Waals surface area contributed by atoms with E-state index in [-0.39, 0.29) is 23.6 Å². The zero-order valence-corrected chi connectivity index (χ0v) is 17.1. The summed E-state index contributed by atoms with van der Waals surface area (Å²) in [7, 11) is 0. The van der Waals surface area contributed by atoms with Gasteiger partial charge in [0, 0.05) is 17.7 Å². The van der Waals surface area contributed by atoms with Gasteiger partial charge in [-0.1, -0.05) is 32.9 Å². The molecule has 0 saturated heterocycles. The fraction of sp³-hybridized carbons (Fsp3) is 0.250. The number of rotatable bonds is 5. The van der Waals surface area contributed by atoms with Crippen molar-refractivity contribution in [3.63, 3.8) is 0 Å². The van der Waals surface area contributed by atoms with Gasteiger partial charge >= 0.3 is 0 Å². The highest BCUT2D eigenvalue weighted by Crippen LogP contribution is 2.22. The number of carbonyl (C=O) groups excluding carboxylic acids is 1. The second kappa shape index (κ2) is 7.96. The van der Waals surface area contributed by atoms with Gasteiger partial charge in [0.15, 0.2) is 10.6 Å². The molecule has 0 saturated carbocycles. The number of nitrogens with one attached hydrogen (secondary N) is 2. The molecular weight excluding hydrogens is 390 g/mol. The maximum atomic E-state index is 12.5. The summed E-state index contributed by atoms with van der Waals surface area (Å²) in [5.41, 5.74) is 2.31. The first kappa shape index (κ1) is 20.4. The summed E-state index contributed by atoms with van der Waals surface area (Å²) in [6.45, 7) is 6.49. The fourth-order valence-electron chi connectivity index (χ4n) is 2.82. The van der Waals surface area contributed by atoms with Crippen molar-refractivity contribution in [2.24, 2.45) is 0 Å². The molecule has 0 fully saturated rings. The van der Waals surface area contributed by atoms with Crippen LogP contribution in [0.2, 0.25) is 0 Å². The van der Waals surface area contributed by atoms with Crippen LogP contribution in [0.25, 0.3) is 5.69 Å². The predicted molar refractivity (Wildman–Crippen MR) is 112 cm³/mol. The molecule has 0 unspecified atom stereocenters. The van der Waals surface area contributed by atoms with Gasteiger partial charge < -0.3 is 5.32 Å². The Morgan fingerprint density at radius 3 is 2.34 bits per heavy atom. The largest absolute Gasteiger partial charge is 0.345 e. The van der Waals surface area contributed by atoms with Crippen molar-refractivity contribution in [2.45, 2.75) is 32.7 Å². The highest BCUT2D eigenvalue weighted by atomic mass is 32.1. The number of amides is 1. The average Bonchev–Trinajstić information content (AvgIpc) is 3.06. The number of nitro benzene ring substituents is 1. The van der Waals surface area contributed by atoms with Crippen LogP contribution in [0.1, 0.15) is 42.5 Å². The van der Waals surface area contributed by atoms with Gasteiger partial charge in [-0.05, 0) is 47.5 Å². The van der Waals surface area contributed by atoms with Crippen molar-refractivity contribution in [1.82, 2.24) is 20.1 Å². The number of hydrogen-bond donors (Lipinski definition) is 2. The second-order valence-electron chi connectivity index (χ2n) is 7.56. The first-order valence-corrected chi connectivity index (χ1v) is 9.37. The van der Waals surface area contributed by atoms with Gasteiger partial charge in [-0.3, -0.25) is 24.6 Å². The molecular formula is C20H21N5O3S. The van der Waals surface area contributed by atoms with E-state index in [2.05, 4.69) is 36.3 Å².